The van der Waals surface area contributed by atoms with Crippen LogP contribution in [0.15, 0.2) is 5.51 Å². The summed E-state index contributed by atoms with van der Waals surface area (Å²) in [6.07, 6.45) is 5.38. The molecule has 1 N–H and O–H groups in total. The SMILES string of the molecule is O=C(CSCCN1CCCCCC1)Nc1nncs1. The molecule has 106 valence electrons. The minimum Gasteiger partial charge on any atom is -0.303 e. The fraction of sp³-hybridized carbons (Fsp3) is 0.750. The lowest BCUT2D eigenvalue weighted by Gasteiger charge is -2.18. The van der Waals surface area contributed by atoms with E-state index in [-0.39, 0.29) is 5.91 Å². The molecule has 1 aliphatic rings. The van der Waals surface area contributed by atoms with Crippen molar-refractivity contribution in [2.45, 2.75) is 25.7 Å². The molecule has 0 spiro atoms. The minimum atomic E-state index is 0.0117. The first-order valence-electron chi connectivity index (χ1n) is 6.71. The van der Waals surface area contributed by atoms with Crippen LogP contribution in [0.25, 0.3) is 0 Å². The van der Waals surface area contributed by atoms with Crippen molar-refractivity contribution in [3.63, 3.8) is 0 Å². The number of thioether (sulfide) groups is 1. The molecular weight excluding hydrogens is 280 g/mol. The summed E-state index contributed by atoms with van der Waals surface area (Å²) in [6, 6.07) is 0. The van der Waals surface area contributed by atoms with Gasteiger partial charge in [-0.05, 0) is 25.9 Å². The van der Waals surface area contributed by atoms with Gasteiger partial charge in [0.2, 0.25) is 11.0 Å². The van der Waals surface area contributed by atoms with Gasteiger partial charge in [0.25, 0.3) is 0 Å². The maximum absolute atomic E-state index is 11.6. The number of carbonyl (C=O) groups excluding carboxylic acids is 1. The molecular formula is C12H20N4OS2. The number of anilines is 1. The maximum atomic E-state index is 11.6. The van der Waals surface area contributed by atoms with Crippen LogP contribution in [0.4, 0.5) is 5.13 Å². The lowest BCUT2D eigenvalue weighted by Crippen LogP contribution is -2.27. The molecule has 1 aromatic rings. The van der Waals surface area contributed by atoms with Crippen LogP contribution < -0.4 is 5.32 Å². The molecule has 5 nitrogen and oxygen atoms in total. The predicted molar refractivity (Wildman–Crippen MR) is 80.8 cm³/mol. The Morgan fingerprint density at radius 3 is 2.84 bits per heavy atom. The van der Waals surface area contributed by atoms with Crippen LogP contribution >= 0.6 is 23.1 Å². The maximum Gasteiger partial charge on any atom is 0.236 e. The van der Waals surface area contributed by atoms with Crippen LogP contribution in [0.5, 0.6) is 0 Å². The number of aromatic nitrogens is 2. The number of nitrogens with zero attached hydrogens (tertiary/aromatic N) is 3. The highest BCUT2D eigenvalue weighted by Gasteiger charge is 2.09. The summed E-state index contributed by atoms with van der Waals surface area (Å²) in [6.45, 7) is 3.53. The lowest BCUT2D eigenvalue weighted by atomic mass is 10.2. The molecule has 0 aromatic carbocycles. The van der Waals surface area contributed by atoms with Crippen molar-refractivity contribution < 1.29 is 4.79 Å². The Hall–Kier alpha value is -0.660. The Kier molecular flexibility index (Phi) is 6.59. The Balaban J connectivity index is 1.54. The topological polar surface area (TPSA) is 58.1 Å². The van der Waals surface area contributed by atoms with Crippen molar-refractivity contribution in [1.29, 1.82) is 0 Å². The Labute approximate surface area is 122 Å². The van der Waals surface area contributed by atoms with Gasteiger partial charge in [0, 0.05) is 12.3 Å². The molecule has 0 saturated carbocycles. The molecule has 7 heteroatoms. The van der Waals surface area contributed by atoms with Crippen molar-refractivity contribution in [3.8, 4) is 0 Å². The van der Waals surface area contributed by atoms with Gasteiger partial charge < -0.3 is 4.90 Å². The summed E-state index contributed by atoms with van der Waals surface area (Å²) in [4.78, 5) is 14.1. The fourth-order valence-corrected chi connectivity index (χ4v) is 3.35. The first-order valence-corrected chi connectivity index (χ1v) is 8.74. The molecule has 19 heavy (non-hydrogen) atoms. The first-order chi connectivity index (χ1) is 9.34. The molecule has 2 rings (SSSR count). The van der Waals surface area contributed by atoms with E-state index in [1.807, 2.05) is 0 Å². The van der Waals surface area contributed by atoms with Gasteiger partial charge in [-0.3, -0.25) is 10.1 Å². The third kappa shape index (κ3) is 5.88. The largest absolute Gasteiger partial charge is 0.303 e. The molecule has 1 amide bonds. The summed E-state index contributed by atoms with van der Waals surface area (Å²) in [5, 5.41) is 10.8. The van der Waals surface area contributed by atoms with Gasteiger partial charge in [-0.1, -0.05) is 24.2 Å². The molecule has 0 unspecified atom stereocenters. The lowest BCUT2D eigenvalue weighted by molar-refractivity contribution is -0.113. The minimum absolute atomic E-state index is 0.0117. The van der Waals surface area contributed by atoms with Gasteiger partial charge in [-0.2, -0.15) is 11.8 Å². The molecule has 0 radical (unpaired) electrons. The van der Waals surface area contributed by atoms with Gasteiger partial charge in [-0.15, -0.1) is 10.2 Å². The van der Waals surface area contributed by atoms with Crippen LogP contribution in [0.1, 0.15) is 25.7 Å². The van der Waals surface area contributed by atoms with Crippen molar-refractivity contribution in [2.24, 2.45) is 0 Å². The first kappa shape index (κ1) is 14.7. The van der Waals surface area contributed by atoms with Gasteiger partial charge in [-0.25, -0.2) is 0 Å². The van der Waals surface area contributed by atoms with Crippen molar-refractivity contribution >= 4 is 34.1 Å². The van der Waals surface area contributed by atoms with E-state index in [0.717, 1.165) is 12.3 Å². The molecule has 0 atom stereocenters. The zero-order valence-electron chi connectivity index (χ0n) is 11.0. The van der Waals surface area contributed by atoms with Crippen LogP contribution in [0.3, 0.4) is 0 Å². The number of nitrogens with one attached hydrogen (secondary N) is 1. The van der Waals surface area contributed by atoms with Crippen molar-refractivity contribution in [3.05, 3.63) is 5.51 Å². The Bertz CT molecular complexity index is 364. The number of hydrogen-bond acceptors (Lipinski definition) is 6. The number of likely N-dealkylation sites (tertiary alicyclic amines) is 1. The van der Waals surface area contributed by atoms with E-state index in [2.05, 4.69) is 20.4 Å². The monoisotopic (exact) mass is 300 g/mol. The van der Waals surface area contributed by atoms with Gasteiger partial charge in [0.1, 0.15) is 5.51 Å². The van der Waals surface area contributed by atoms with E-state index in [9.17, 15) is 4.79 Å². The molecule has 1 fully saturated rings. The smallest absolute Gasteiger partial charge is 0.236 e. The van der Waals surface area contributed by atoms with E-state index in [4.69, 9.17) is 0 Å². The van der Waals surface area contributed by atoms with Gasteiger partial charge in [0.15, 0.2) is 0 Å². The second-order valence-electron chi connectivity index (χ2n) is 4.60. The predicted octanol–water partition coefficient (Wildman–Crippen LogP) is 2.09. The molecule has 1 aliphatic heterocycles. The standard InChI is InChI=1S/C12H20N4OS2/c17-11(14-12-15-13-10-19-12)9-18-8-7-16-5-3-1-2-4-6-16/h10H,1-9H2,(H,14,15,17). The van der Waals surface area contributed by atoms with Crippen LogP contribution in [-0.2, 0) is 4.79 Å². The Morgan fingerprint density at radius 2 is 2.16 bits per heavy atom. The molecule has 0 bridgehead atoms. The summed E-state index contributed by atoms with van der Waals surface area (Å²) in [5.41, 5.74) is 1.61. The molecule has 2 heterocycles. The summed E-state index contributed by atoms with van der Waals surface area (Å²) in [7, 11) is 0. The molecule has 1 saturated heterocycles. The normalized spacial score (nSPS) is 17.1. The Morgan fingerprint density at radius 1 is 1.37 bits per heavy atom. The average Bonchev–Trinajstić information content (AvgIpc) is 2.76. The van der Waals surface area contributed by atoms with Crippen LogP contribution in [0, 0.1) is 0 Å². The molecule has 0 aliphatic carbocycles. The number of hydrogen-bond donors (Lipinski definition) is 1. The third-order valence-corrected chi connectivity index (χ3v) is 4.63. The highest BCUT2D eigenvalue weighted by atomic mass is 32.2. The number of rotatable bonds is 6. The van der Waals surface area contributed by atoms with Gasteiger partial charge in [0.05, 0.1) is 5.75 Å². The van der Waals surface area contributed by atoms with Gasteiger partial charge >= 0.3 is 0 Å². The number of carbonyl (C=O) groups is 1. The summed E-state index contributed by atoms with van der Waals surface area (Å²) < 4.78 is 0. The highest BCUT2D eigenvalue weighted by Crippen LogP contribution is 2.12. The fourth-order valence-electron chi connectivity index (χ4n) is 2.10. The zero-order valence-corrected chi connectivity index (χ0v) is 12.6. The van der Waals surface area contributed by atoms with E-state index in [1.54, 1.807) is 17.3 Å². The molecule has 1 aromatic heterocycles. The van der Waals surface area contributed by atoms with Crippen LogP contribution in [-0.4, -0.2) is 52.1 Å². The highest BCUT2D eigenvalue weighted by molar-refractivity contribution is 7.99. The van der Waals surface area contributed by atoms with Crippen LogP contribution in [0.2, 0.25) is 0 Å². The second-order valence-corrected chi connectivity index (χ2v) is 6.54. The summed E-state index contributed by atoms with van der Waals surface area (Å²) >= 11 is 3.03. The second kappa shape index (κ2) is 8.50. The third-order valence-electron chi connectivity index (χ3n) is 3.09. The number of amides is 1. The van der Waals surface area contributed by atoms with Crippen molar-refractivity contribution in [2.75, 3.05) is 36.5 Å². The zero-order chi connectivity index (χ0) is 13.3. The van der Waals surface area contributed by atoms with E-state index in [0.29, 0.717) is 10.9 Å². The summed E-state index contributed by atoms with van der Waals surface area (Å²) in [5.74, 6) is 1.52. The van der Waals surface area contributed by atoms with Crippen molar-refractivity contribution in [1.82, 2.24) is 15.1 Å². The average molecular weight is 300 g/mol. The quantitative estimate of drug-likeness (QED) is 0.815. The van der Waals surface area contributed by atoms with E-state index < -0.39 is 0 Å². The van der Waals surface area contributed by atoms with E-state index in [1.165, 1.54) is 50.1 Å². The van der Waals surface area contributed by atoms with E-state index >= 15 is 0 Å².